The molecule has 0 bridgehead atoms. The Morgan fingerprint density at radius 1 is 1.28 bits per heavy atom. The van der Waals surface area contributed by atoms with Crippen LogP contribution in [0.3, 0.4) is 0 Å². The Hall–Kier alpha value is -2.41. The Bertz CT molecular complexity index is 666. The lowest BCUT2D eigenvalue weighted by Gasteiger charge is -2.23. The molecule has 1 aliphatic rings. The Morgan fingerprint density at radius 3 is 2.88 bits per heavy atom. The highest BCUT2D eigenvalue weighted by molar-refractivity contribution is 5.73. The number of rotatable bonds is 7. The maximum Gasteiger partial charge on any atom is 0.315 e. The molecule has 25 heavy (non-hydrogen) atoms. The maximum absolute atomic E-state index is 12.0. The van der Waals surface area contributed by atoms with Crippen molar-refractivity contribution < 1.29 is 4.79 Å². The fourth-order valence-corrected chi connectivity index (χ4v) is 3.28. The normalized spacial score (nSPS) is 14.8. The standard InChI is InChI=1S/C18H26N6O/c1-23(16-7-2-3-8-16)13-11-20-18(25)21-14-15-6-4-9-19-17(15)24-12-5-10-22-24/h4-6,9-10,12,16H,2-3,7-8,11,13-14H2,1H3,(H2,20,21,25). The van der Waals surface area contributed by atoms with Crippen molar-refractivity contribution in [1.29, 1.82) is 0 Å². The summed E-state index contributed by atoms with van der Waals surface area (Å²) in [6, 6.07) is 6.17. The largest absolute Gasteiger partial charge is 0.337 e. The van der Waals surface area contributed by atoms with E-state index in [1.807, 2.05) is 24.4 Å². The van der Waals surface area contributed by atoms with E-state index in [-0.39, 0.29) is 6.03 Å². The smallest absolute Gasteiger partial charge is 0.315 e. The molecule has 7 nitrogen and oxygen atoms in total. The van der Waals surface area contributed by atoms with E-state index in [0.717, 1.165) is 17.9 Å². The summed E-state index contributed by atoms with van der Waals surface area (Å²) >= 11 is 0. The summed E-state index contributed by atoms with van der Waals surface area (Å²) in [4.78, 5) is 18.7. The van der Waals surface area contributed by atoms with Crippen LogP contribution in [0.25, 0.3) is 5.82 Å². The van der Waals surface area contributed by atoms with Crippen molar-refractivity contribution in [3.63, 3.8) is 0 Å². The maximum atomic E-state index is 12.0. The van der Waals surface area contributed by atoms with Gasteiger partial charge in [0.05, 0.1) is 0 Å². The molecule has 134 valence electrons. The van der Waals surface area contributed by atoms with Gasteiger partial charge in [0.15, 0.2) is 5.82 Å². The van der Waals surface area contributed by atoms with Gasteiger partial charge in [-0.15, -0.1) is 0 Å². The highest BCUT2D eigenvalue weighted by Crippen LogP contribution is 2.21. The zero-order valence-corrected chi connectivity index (χ0v) is 14.7. The van der Waals surface area contributed by atoms with E-state index in [9.17, 15) is 4.79 Å². The number of urea groups is 1. The second-order valence-electron chi connectivity index (χ2n) is 6.47. The molecule has 2 N–H and O–H groups in total. The molecule has 0 aromatic carbocycles. The Balaban J connectivity index is 1.43. The van der Waals surface area contributed by atoms with Gasteiger partial charge in [-0.3, -0.25) is 0 Å². The van der Waals surface area contributed by atoms with Gasteiger partial charge in [0.1, 0.15) is 0 Å². The third kappa shape index (κ3) is 4.79. The molecule has 0 saturated heterocycles. The first-order chi connectivity index (χ1) is 12.2. The number of nitrogens with one attached hydrogen (secondary N) is 2. The van der Waals surface area contributed by atoms with Gasteiger partial charge in [0, 0.05) is 49.8 Å². The van der Waals surface area contributed by atoms with Crippen molar-refractivity contribution >= 4 is 6.03 Å². The van der Waals surface area contributed by atoms with E-state index in [2.05, 4.69) is 32.7 Å². The fourth-order valence-electron chi connectivity index (χ4n) is 3.28. The summed E-state index contributed by atoms with van der Waals surface area (Å²) in [6.07, 6.45) is 10.5. The van der Waals surface area contributed by atoms with Gasteiger partial charge < -0.3 is 15.5 Å². The monoisotopic (exact) mass is 342 g/mol. The van der Waals surface area contributed by atoms with Gasteiger partial charge in [-0.05, 0) is 32.0 Å². The molecule has 1 saturated carbocycles. The van der Waals surface area contributed by atoms with Gasteiger partial charge in [0.25, 0.3) is 0 Å². The van der Waals surface area contributed by atoms with Crippen molar-refractivity contribution in [2.75, 3.05) is 20.1 Å². The fraction of sp³-hybridized carbons (Fsp3) is 0.500. The van der Waals surface area contributed by atoms with Crippen LogP contribution in [0.2, 0.25) is 0 Å². The number of hydrogen-bond donors (Lipinski definition) is 2. The molecule has 3 rings (SSSR count). The Labute approximate surface area is 148 Å². The molecule has 0 spiro atoms. The molecule has 0 atom stereocenters. The van der Waals surface area contributed by atoms with Crippen LogP contribution in [-0.2, 0) is 6.54 Å². The van der Waals surface area contributed by atoms with Crippen LogP contribution in [0, 0.1) is 0 Å². The third-order valence-corrected chi connectivity index (χ3v) is 4.73. The lowest BCUT2D eigenvalue weighted by Crippen LogP contribution is -2.41. The molecular weight excluding hydrogens is 316 g/mol. The first-order valence-corrected chi connectivity index (χ1v) is 8.90. The zero-order valence-electron chi connectivity index (χ0n) is 14.7. The van der Waals surface area contributed by atoms with Crippen molar-refractivity contribution in [3.05, 3.63) is 42.4 Å². The quantitative estimate of drug-likeness (QED) is 0.806. The molecule has 2 amide bonds. The minimum Gasteiger partial charge on any atom is -0.337 e. The van der Waals surface area contributed by atoms with E-state index in [1.165, 1.54) is 25.7 Å². The predicted octanol–water partition coefficient (Wildman–Crippen LogP) is 1.94. The first-order valence-electron chi connectivity index (χ1n) is 8.90. The number of carbonyl (C=O) groups is 1. The highest BCUT2D eigenvalue weighted by atomic mass is 16.2. The lowest BCUT2D eigenvalue weighted by atomic mass is 10.2. The van der Waals surface area contributed by atoms with E-state index in [4.69, 9.17) is 0 Å². The summed E-state index contributed by atoms with van der Waals surface area (Å²) in [5.41, 5.74) is 0.921. The van der Waals surface area contributed by atoms with Gasteiger partial charge in [-0.25, -0.2) is 14.5 Å². The second-order valence-corrected chi connectivity index (χ2v) is 6.47. The van der Waals surface area contributed by atoms with Crippen LogP contribution in [0.4, 0.5) is 4.79 Å². The summed E-state index contributed by atoms with van der Waals surface area (Å²) < 4.78 is 1.70. The topological polar surface area (TPSA) is 75.1 Å². The van der Waals surface area contributed by atoms with E-state index in [1.54, 1.807) is 17.1 Å². The summed E-state index contributed by atoms with van der Waals surface area (Å²) in [7, 11) is 2.14. The minimum absolute atomic E-state index is 0.157. The second kappa shape index (κ2) is 8.62. The Morgan fingerprint density at radius 2 is 2.12 bits per heavy atom. The number of likely N-dealkylation sites (N-methyl/N-ethyl adjacent to an activating group) is 1. The van der Waals surface area contributed by atoms with Crippen LogP contribution in [0.1, 0.15) is 31.2 Å². The molecular formula is C18H26N6O. The van der Waals surface area contributed by atoms with Crippen LogP contribution in [-0.4, -0.2) is 51.9 Å². The van der Waals surface area contributed by atoms with Gasteiger partial charge in [-0.2, -0.15) is 5.10 Å². The number of pyridine rings is 1. The molecule has 1 aliphatic carbocycles. The molecule has 0 radical (unpaired) electrons. The number of nitrogens with zero attached hydrogens (tertiary/aromatic N) is 4. The van der Waals surface area contributed by atoms with Crippen LogP contribution >= 0.6 is 0 Å². The molecule has 7 heteroatoms. The number of carbonyl (C=O) groups excluding carboxylic acids is 1. The van der Waals surface area contributed by atoms with Crippen molar-refractivity contribution in [2.45, 2.75) is 38.3 Å². The van der Waals surface area contributed by atoms with Gasteiger partial charge >= 0.3 is 6.03 Å². The average Bonchev–Trinajstić information content (AvgIpc) is 3.33. The molecule has 1 fully saturated rings. The average molecular weight is 342 g/mol. The van der Waals surface area contributed by atoms with E-state index >= 15 is 0 Å². The predicted molar refractivity (Wildman–Crippen MR) is 96.5 cm³/mol. The number of hydrogen-bond acceptors (Lipinski definition) is 4. The van der Waals surface area contributed by atoms with Crippen LogP contribution in [0.15, 0.2) is 36.8 Å². The molecule has 0 aliphatic heterocycles. The van der Waals surface area contributed by atoms with Crippen molar-refractivity contribution in [3.8, 4) is 5.82 Å². The third-order valence-electron chi connectivity index (χ3n) is 4.73. The molecule has 0 unspecified atom stereocenters. The van der Waals surface area contributed by atoms with Crippen LogP contribution < -0.4 is 10.6 Å². The van der Waals surface area contributed by atoms with Crippen molar-refractivity contribution in [1.82, 2.24) is 30.3 Å². The summed E-state index contributed by atoms with van der Waals surface area (Å²) in [5, 5.41) is 10.0. The number of amides is 2. The first kappa shape index (κ1) is 17.4. The molecule has 2 aromatic heterocycles. The highest BCUT2D eigenvalue weighted by Gasteiger charge is 2.19. The Kier molecular flexibility index (Phi) is 6.00. The van der Waals surface area contributed by atoms with Crippen LogP contribution in [0.5, 0.6) is 0 Å². The SMILES string of the molecule is CN(CCNC(=O)NCc1cccnc1-n1cccn1)C1CCCC1. The number of aromatic nitrogens is 3. The molecule has 2 aromatic rings. The van der Waals surface area contributed by atoms with Gasteiger partial charge in [-0.1, -0.05) is 18.9 Å². The lowest BCUT2D eigenvalue weighted by molar-refractivity contribution is 0.228. The van der Waals surface area contributed by atoms with Gasteiger partial charge in [0.2, 0.25) is 0 Å². The zero-order chi connectivity index (χ0) is 17.5. The van der Waals surface area contributed by atoms with E-state index in [0.29, 0.717) is 19.1 Å². The van der Waals surface area contributed by atoms with Crippen molar-refractivity contribution in [2.24, 2.45) is 0 Å². The van der Waals surface area contributed by atoms with E-state index < -0.39 is 0 Å². The summed E-state index contributed by atoms with van der Waals surface area (Å²) in [6.45, 7) is 1.94. The minimum atomic E-state index is -0.157. The molecule has 2 heterocycles. The summed E-state index contributed by atoms with van der Waals surface area (Å²) in [5.74, 6) is 0.730.